The van der Waals surface area contributed by atoms with Gasteiger partial charge in [-0.25, -0.2) is 0 Å². The summed E-state index contributed by atoms with van der Waals surface area (Å²) in [6.07, 6.45) is 3.24. The summed E-state index contributed by atoms with van der Waals surface area (Å²) >= 11 is 0. The van der Waals surface area contributed by atoms with Crippen molar-refractivity contribution in [1.82, 2.24) is 4.90 Å². The van der Waals surface area contributed by atoms with Crippen molar-refractivity contribution in [2.45, 2.75) is 44.4 Å². The molecule has 23 heavy (non-hydrogen) atoms. The highest BCUT2D eigenvalue weighted by Crippen LogP contribution is 2.45. The fourth-order valence-corrected chi connectivity index (χ4v) is 4.04. The molecule has 1 amide bonds. The number of carbonyl (C=O) groups excluding carboxylic acids is 1. The lowest BCUT2D eigenvalue weighted by Crippen LogP contribution is -2.36. The molecule has 0 aromatic heterocycles. The van der Waals surface area contributed by atoms with Gasteiger partial charge in [0.1, 0.15) is 5.75 Å². The summed E-state index contributed by atoms with van der Waals surface area (Å²) in [6.45, 7) is -2.90. The van der Waals surface area contributed by atoms with Gasteiger partial charge in [-0.3, -0.25) is 4.79 Å². The van der Waals surface area contributed by atoms with Crippen LogP contribution in [0.1, 0.15) is 36.0 Å². The van der Waals surface area contributed by atoms with Gasteiger partial charge in [0.2, 0.25) is 0 Å². The number of amides is 1. The Bertz CT molecular complexity index is 567. The Morgan fingerprint density at radius 1 is 1.26 bits per heavy atom. The van der Waals surface area contributed by atoms with Crippen LogP contribution in [0.25, 0.3) is 0 Å². The first-order chi connectivity index (χ1) is 10.9. The summed E-state index contributed by atoms with van der Waals surface area (Å²) in [6, 6.07) is 6.05. The van der Waals surface area contributed by atoms with E-state index in [2.05, 4.69) is 4.74 Å². The molecule has 0 saturated heterocycles. The molecule has 1 aromatic rings. The van der Waals surface area contributed by atoms with Crippen molar-refractivity contribution in [2.24, 2.45) is 11.8 Å². The number of nitrogens with zero attached hydrogens (tertiary/aromatic N) is 1. The monoisotopic (exact) mass is 325 g/mol. The lowest BCUT2D eigenvalue weighted by atomic mass is 10.0. The van der Waals surface area contributed by atoms with Crippen LogP contribution in [-0.2, 0) is 0 Å². The van der Waals surface area contributed by atoms with E-state index in [1.54, 1.807) is 24.1 Å². The number of carbonyl (C=O) groups is 1. The first-order valence-electron chi connectivity index (χ1n) is 7.94. The van der Waals surface area contributed by atoms with Gasteiger partial charge < -0.3 is 14.7 Å². The Labute approximate surface area is 134 Å². The number of alkyl halides is 2. The van der Waals surface area contributed by atoms with Crippen molar-refractivity contribution in [3.63, 3.8) is 0 Å². The molecule has 2 aliphatic rings. The van der Waals surface area contributed by atoms with Crippen LogP contribution in [0, 0.1) is 11.8 Å². The van der Waals surface area contributed by atoms with Crippen LogP contribution >= 0.6 is 0 Å². The minimum Gasteiger partial charge on any atom is -0.435 e. The molecule has 3 rings (SSSR count). The smallest absolute Gasteiger partial charge is 0.387 e. The average Bonchev–Trinajstić information content (AvgIpc) is 3.02. The van der Waals surface area contributed by atoms with Gasteiger partial charge in [-0.15, -0.1) is 0 Å². The van der Waals surface area contributed by atoms with Crippen molar-refractivity contribution in [3.05, 3.63) is 29.8 Å². The molecule has 0 heterocycles. The van der Waals surface area contributed by atoms with Gasteiger partial charge in [0.25, 0.3) is 5.91 Å². The Hall–Kier alpha value is -1.69. The molecule has 1 N–H and O–H groups in total. The zero-order chi connectivity index (χ0) is 16.6. The third-order valence-electron chi connectivity index (χ3n) is 5.14. The van der Waals surface area contributed by atoms with Gasteiger partial charge >= 0.3 is 6.61 Å². The number of fused-ring (bicyclic) bond motifs is 1. The predicted octanol–water partition coefficient (Wildman–Crippen LogP) is 2.91. The number of ether oxygens (including phenoxy) is 1. The van der Waals surface area contributed by atoms with Crippen molar-refractivity contribution in [2.75, 3.05) is 7.05 Å². The second-order valence-electron chi connectivity index (χ2n) is 6.59. The molecule has 0 bridgehead atoms. The summed E-state index contributed by atoms with van der Waals surface area (Å²) in [7, 11) is 1.76. The van der Waals surface area contributed by atoms with E-state index < -0.39 is 6.61 Å². The SMILES string of the molecule is CN(C(=O)c1cccc(OC(F)F)c1)C1C[C@H]2CC(O)C[C@H]2C1. The van der Waals surface area contributed by atoms with Crippen LogP contribution < -0.4 is 4.74 Å². The van der Waals surface area contributed by atoms with E-state index in [0.717, 1.165) is 25.7 Å². The van der Waals surface area contributed by atoms with Crippen LogP contribution in [0.4, 0.5) is 8.78 Å². The zero-order valence-electron chi connectivity index (χ0n) is 13.0. The highest BCUT2D eigenvalue weighted by molar-refractivity contribution is 5.94. The first kappa shape index (κ1) is 16.2. The quantitative estimate of drug-likeness (QED) is 0.926. The van der Waals surface area contributed by atoms with Crippen molar-refractivity contribution < 1.29 is 23.4 Å². The number of benzene rings is 1. The minimum absolute atomic E-state index is 0.00864. The number of hydrogen-bond donors (Lipinski definition) is 1. The largest absolute Gasteiger partial charge is 0.435 e. The summed E-state index contributed by atoms with van der Waals surface area (Å²) < 4.78 is 28.9. The maximum atomic E-state index is 12.6. The Kier molecular flexibility index (Phi) is 4.53. The van der Waals surface area contributed by atoms with E-state index in [4.69, 9.17) is 0 Å². The molecule has 6 heteroatoms. The number of halogens is 2. The molecule has 2 unspecified atom stereocenters. The van der Waals surface area contributed by atoms with Crippen LogP contribution in [-0.4, -0.2) is 41.7 Å². The number of hydrogen-bond acceptors (Lipinski definition) is 3. The van der Waals surface area contributed by atoms with Gasteiger partial charge in [0, 0.05) is 18.7 Å². The molecule has 0 radical (unpaired) electrons. The van der Waals surface area contributed by atoms with Gasteiger partial charge in [-0.1, -0.05) is 6.07 Å². The predicted molar refractivity (Wildman–Crippen MR) is 80.4 cm³/mol. The van der Waals surface area contributed by atoms with Crippen molar-refractivity contribution in [3.8, 4) is 5.75 Å². The lowest BCUT2D eigenvalue weighted by molar-refractivity contribution is -0.0499. The third-order valence-corrected chi connectivity index (χ3v) is 5.14. The minimum atomic E-state index is -2.90. The standard InChI is InChI=1S/C17H21F2NO3/c1-20(13-5-11-7-14(21)8-12(11)6-13)16(22)10-3-2-4-15(9-10)23-17(18)19/h2-4,9,11-14,17,21H,5-8H2,1H3/t11-,12+,13?,14?. The van der Waals surface area contributed by atoms with Gasteiger partial charge in [-0.05, 0) is 55.7 Å². The van der Waals surface area contributed by atoms with Gasteiger partial charge in [0.05, 0.1) is 6.10 Å². The van der Waals surface area contributed by atoms with E-state index >= 15 is 0 Å². The molecule has 2 saturated carbocycles. The molecule has 1 aromatic carbocycles. The van der Waals surface area contributed by atoms with Crippen LogP contribution in [0.3, 0.4) is 0 Å². The van der Waals surface area contributed by atoms with Crippen LogP contribution in [0.5, 0.6) is 5.75 Å². The normalized spacial score (nSPS) is 29.6. The number of aliphatic hydroxyl groups excluding tert-OH is 1. The van der Waals surface area contributed by atoms with Crippen molar-refractivity contribution >= 4 is 5.91 Å². The van der Waals surface area contributed by atoms with Gasteiger partial charge in [-0.2, -0.15) is 8.78 Å². The summed E-state index contributed by atoms with van der Waals surface area (Å²) in [4.78, 5) is 14.3. The average molecular weight is 325 g/mol. The number of rotatable bonds is 4. The summed E-state index contributed by atoms with van der Waals surface area (Å²) in [5, 5.41) is 9.69. The molecule has 4 atom stereocenters. The van der Waals surface area contributed by atoms with Crippen LogP contribution in [0.2, 0.25) is 0 Å². The second-order valence-corrected chi connectivity index (χ2v) is 6.59. The van der Waals surface area contributed by atoms with Crippen LogP contribution in [0.15, 0.2) is 24.3 Å². The molecule has 0 aliphatic heterocycles. The zero-order valence-corrected chi connectivity index (χ0v) is 13.0. The fraction of sp³-hybridized carbons (Fsp3) is 0.588. The van der Waals surface area contributed by atoms with Gasteiger partial charge in [0.15, 0.2) is 0 Å². The van der Waals surface area contributed by atoms with E-state index in [1.807, 2.05) is 0 Å². The molecular formula is C17H21F2NO3. The highest BCUT2D eigenvalue weighted by Gasteiger charge is 2.43. The number of aliphatic hydroxyl groups is 1. The van der Waals surface area contributed by atoms with Crippen molar-refractivity contribution in [1.29, 1.82) is 0 Å². The molecular weight excluding hydrogens is 304 g/mol. The highest BCUT2D eigenvalue weighted by atomic mass is 19.3. The molecule has 2 fully saturated rings. The topological polar surface area (TPSA) is 49.8 Å². The first-order valence-corrected chi connectivity index (χ1v) is 7.94. The summed E-state index contributed by atoms with van der Waals surface area (Å²) in [5.41, 5.74) is 0.350. The summed E-state index contributed by atoms with van der Waals surface area (Å²) in [5.74, 6) is 0.776. The van der Waals surface area contributed by atoms with E-state index in [0.29, 0.717) is 17.4 Å². The maximum Gasteiger partial charge on any atom is 0.387 e. The van der Waals surface area contributed by atoms with E-state index in [1.165, 1.54) is 12.1 Å². The lowest BCUT2D eigenvalue weighted by Gasteiger charge is -2.26. The molecule has 2 aliphatic carbocycles. The fourth-order valence-electron chi connectivity index (χ4n) is 4.04. The van der Waals surface area contributed by atoms with E-state index in [-0.39, 0.29) is 23.8 Å². The Morgan fingerprint density at radius 3 is 2.52 bits per heavy atom. The second kappa shape index (κ2) is 6.43. The molecule has 0 spiro atoms. The van der Waals surface area contributed by atoms with E-state index in [9.17, 15) is 18.7 Å². The Balaban J connectivity index is 1.66. The Morgan fingerprint density at radius 2 is 1.91 bits per heavy atom. The third kappa shape index (κ3) is 3.47. The molecule has 126 valence electrons. The maximum absolute atomic E-state index is 12.6. The molecule has 4 nitrogen and oxygen atoms in total.